The first kappa shape index (κ1) is 14.2. The number of hydrogen-bond acceptors (Lipinski definition) is 1. The van der Waals surface area contributed by atoms with Gasteiger partial charge >= 0.3 is 0 Å². The smallest absolute Gasteiger partial charge is 0.224 e. The number of benzene rings is 3. The van der Waals surface area contributed by atoms with Crippen LogP contribution in [0, 0.1) is 6.92 Å². The zero-order chi connectivity index (χ0) is 17.0. The molecule has 2 nitrogen and oxygen atoms in total. The van der Waals surface area contributed by atoms with Crippen molar-refractivity contribution in [2.45, 2.75) is 6.92 Å². The molecule has 0 amide bonds. The number of hydrogen-bond donors (Lipinski definition) is 0. The van der Waals surface area contributed by atoms with E-state index in [0.29, 0.717) is 0 Å². The molecule has 2 heteroatoms. The van der Waals surface area contributed by atoms with E-state index in [4.69, 9.17) is 4.42 Å². The molecule has 3 aromatic carbocycles. The first-order valence-electron chi connectivity index (χ1n) is 8.52. The number of aromatic nitrogens is 1. The molecule has 0 spiro atoms. The molecule has 120 valence electrons. The Bertz CT molecular complexity index is 1260. The Hall–Kier alpha value is -3.13. The summed E-state index contributed by atoms with van der Waals surface area (Å²) in [5.74, 6) is 0. The van der Waals surface area contributed by atoms with E-state index in [2.05, 4.69) is 91.5 Å². The van der Waals surface area contributed by atoms with Crippen LogP contribution in [-0.2, 0) is 7.05 Å². The minimum absolute atomic E-state index is 0.933. The maximum atomic E-state index is 6.20. The van der Waals surface area contributed by atoms with Gasteiger partial charge in [0.05, 0.1) is 0 Å². The molecule has 0 fully saturated rings. The third-order valence-corrected chi connectivity index (χ3v) is 5.05. The molecule has 0 aliphatic heterocycles. The Morgan fingerprint density at radius 1 is 0.760 bits per heavy atom. The predicted molar refractivity (Wildman–Crippen MR) is 103 cm³/mol. The summed E-state index contributed by atoms with van der Waals surface area (Å²) in [5.41, 5.74) is 5.58. The van der Waals surface area contributed by atoms with E-state index in [0.717, 1.165) is 11.2 Å². The van der Waals surface area contributed by atoms with Crippen molar-refractivity contribution >= 4 is 32.7 Å². The highest BCUT2D eigenvalue weighted by molar-refractivity contribution is 6.21. The number of aryl methyl sites for hydroxylation is 2. The third kappa shape index (κ3) is 2.01. The van der Waals surface area contributed by atoms with Crippen LogP contribution in [0.15, 0.2) is 77.3 Å². The molecule has 0 saturated heterocycles. The minimum Gasteiger partial charge on any atom is -0.456 e. The van der Waals surface area contributed by atoms with Gasteiger partial charge in [-0.25, -0.2) is 4.57 Å². The first-order chi connectivity index (χ1) is 12.2. The van der Waals surface area contributed by atoms with Crippen LogP contribution in [0.4, 0.5) is 0 Å². The van der Waals surface area contributed by atoms with Crippen molar-refractivity contribution in [3.63, 3.8) is 0 Å². The fourth-order valence-corrected chi connectivity index (χ4v) is 3.83. The van der Waals surface area contributed by atoms with Gasteiger partial charge in [-0.2, -0.15) is 0 Å². The molecule has 5 aromatic rings. The third-order valence-electron chi connectivity index (χ3n) is 5.05. The molecule has 0 aliphatic rings. The average Bonchev–Trinajstić information content (AvgIpc) is 3.02. The van der Waals surface area contributed by atoms with Crippen LogP contribution < -0.4 is 4.57 Å². The summed E-state index contributed by atoms with van der Waals surface area (Å²) in [6.07, 6.45) is 2.08. The molecule has 2 heterocycles. The first-order valence-corrected chi connectivity index (χ1v) is 8.52. The van der Waals surface area contributed by atoms with Gasteiger partial charge in [0.25, 0.3) is 0 Å². The number of fused-ring (bicyclic) bond motifs is 5. The number of nitrogens with zero attached hydrogens (tertiary/aromatic N) is 1. The molecule has 0 bridgehead atoms. The predicted octanol–water partition coefficient (Wildman–Crippen LogP) is 5.54. The molecule has 0 radical (unpaired) electrons. The summed E-state index contributed by atoms with van der Waals surface area (Å²) >= 11 is 0. The molecule has 0 saturated carbocycles. The SMILES string of the molecule is Cc1ccccc1-c1c2c(cc[n+]1C)oc1ccc3ccccc3c12. The highest BCUT2D eigenvalue weighted by atomic mass is 16.3. The number of rotatable bonds is 1. The van der Waals surface area contributed by atoms with Crippen LogP contribution in [0.5, 0.6) is 0 Å². The zero-order valence-corrected chi connectivity index (χ0v) is 14.3. The Morgan fingerprint density at radius 3 is 2.40 bits per heavy atom. The molecule has 0 N–H and O–H groups in total. The van der Waals surface area contributed by atoms with Crippen molar-refractivity contribution in [3.05, 3.63) is 78.5 Å². The second kappa shape index (κ2) is 5.18. The highest BCUT2D eigenvalue weighted by Crippen LogP contribution is 2.38. The minimum atomic E-state index is 0.933. The molecule has 0 unspecified atom stereocenters. The van der Waals surface area contributed by atoms with Crippen molar-refractivity contribution in [2.75, 3.05) is 0 Å². The molecular formula is C23H18NO+. The molecular weight excluding hydrogens is 306 g/mol. The Balaban J connectivity index is 2.06. The van der Waals surface area contributed by atoms with E-state index in [-0.39, 0.29) is 0 Å². The van der Waals surface area contributed by atoms with Crippen molar-refractivity contribution in [1.29, 1.82) is 0 Å². The van der Waals surface area contributed by atoms with Gasteiger partial charge in [0, 0.05) is 17.0 Å². The van der Waals surface area contributed by atoms with Gasteiger partial charge < -0.3 is 4.42 Å². The summed E-state index contributed by atoms with van der Waals surface area (Å²) < 4.78 is 8.40. The van der Waals surface area contributed by atoms with Gasteiger partial charge in [0.2, 0.25) is 5.69 Å². The maximum absolute atomic E-state index is 6.20. The monoisotopic (exact) mass is 324 g/mol. The van der Waals surface area contributed by atoms with Gasteiger partial charge in [-0.05, 0) is 35.4 Å². The van der Waals surface area contributed by atoms with Gasteiger partial charge in [-0.15, -0.1) is 0 Å². The number of pyridine rings is 1. The second-order valence-corrected chi connectivity index (χ2v) is 6.59. The lowest BCUT2D eigenvalue weighted by Gasteiger charge is -2.06. The molecule has 0 aliphatic carbocycles. The van der Waals surface area contributed by atoms with Crippen LogP contribution >= 0.6 is 0 Å². The maximum Gasteiger partial charge on any atom is 0.224 e. The van der Waals surface area contributed by atoms with Crippen LogP contribution in [0.2, 0.25) is 0 Å². The molecule has 5 rings (SSSR count). The lowest BCUT2D eigenvalue weighted by molar-refractivity contribution is -0.659. The second-order valence-electron chi connectivity index (χ2n) is 6.59. The Morgan fingerprint density at radius 2 is 1.52 bits per heavy atom. The average molecular weight is 324 g/mol. The zero-order valence-electron chi connectivity index (χ0n) is 14.3. The van der Waals surface area contributed by atoms with Crippen LogP contribution in [0.1, 0.15) is 5.56 Å². The van der Waals surface area contributed by atoms with Gasteiger partial charge in [-0.3, -0.25) is 0 Å². The van der Waals surface area contributed by atoms with Crippen molar-refractivity contribution < 1.29 is 8.98 Å². The lowest BCUT2D eigenvalue weighted by atomic mass is 9.98. The summed E-state index contributed by atoms with van der Waals surface area (Å²) in [4.78, 5) is 0. The summed E-state index contributed by atoms with van der Waals surface area (Å²) in [7, 11) is 2.10. The highest BCUT2D eigenvalue weighted by Gasteiger charge is 2.22. The molecule has 2 aromatic heterocycles. The Labute approximate surface area is 145 Å². The van der Waals surface area contributed by atoms with E-state index in [1.54, 1.807) is 0 Å². The normalized spacial score (nSPS) is 11.6. The van der Waals surface area contributed by atoms with E-state index < -0.39 is 0 Å². The standard InChI is InChI=1S/C23H18NO/c1-15-7-3-5-9-17(15)23-22-20(13-14-24(23)2)25-19-12-11-16-8-4-6-10-18(16)21(19)22/h3-14H,1-2H3/q+1. The van der Waals surface area contributed by atoms with Crippen LogP contribution in [-0.4, -0.2) is 0 Å². The summed E-state index contributed by atoms with van der Waals surface area (Å²) in [6, 6.07) is 23.3. The largest absolute Gasteiger partial charge is 0.456 e. The van der Waals surface area contributed by atoms with Crippen molar-refractivity contribution in [2.24, 2.45) is 7.05 Å². The topological polar surface area (TPSA) is 17.0 Å². The fourth-order valence-electron chi connectivity index (χ4n) is 3.83. The Kier molecular flexibility index (Phi) is 2.95. The summed E-state index contributed by atoms with van der Waals surface area (Å²) in [6.45, 7) is 2.16. The van der Waals surface area contributed by atoms with E-state index in [1.165, 1.54) is 38.4 Å². The van der Waals surface area contributed by atoms with Gasteiger partial charge in [0.1, 0.15) is 23.6 Å². The summed E-state index contributed by atoms with van der Waals surface area (Å²) in [5, 5.41) is 4.85. The fraction of sp³-hybridized carbons (Fsp3) is 0.0870. The van der Waals surface area contributed by atoms with Gasteiger partial charge in [-0.1, -0.05) is 48.5 Å². The van der Waals surface area contributed by atoms with Crippen molar-refractivity contribution in [3.8, 4) is 11.3 Å². The van der Waals surface area contributed by atoms with E-state index in [9.17, 15) is 0 Å². The van der Waals surface area contributed by atoms with E-state index in [1.807, 2.05) is 0 Å². The lowest BCUT2D eigenvalue weighted by Crippen LogP contribution is -2.30. The van der Waals surface area contributed by atoms with Crippen molar-refractivity contribution in [1.82, 2.24) is 0 Å². The molecule has 25 heavy (non-hydrogen) atoms. The van der Waals surface area contributed by atoms with Crippen LogP contribution in [0.25, 0.3) is 44.0 Å². The quantitative estimate of drug-likeness (QED) is 0.370. The van der Waals surface area contributed by atoms with E-state index >= 15 is 0 Å². The van der Waals surface area contributed by atoms with Crippen LogP contribution in [0.3, 0.4) is 0 Å². The van der Waals surface area contributed by atoms with Gasteiger partial charge in [0.15, 0.2) is 6.20 Å². The number of furan rings is 1. The molecule has 0 atom stereocenters.